The fourth-order valence-electron chi connectivity index (χ4n) is 3.40. The maximum Gasteiger partial charge on any atom is 0.329 e. The number of nitrogens with zero attached hydrogens (tertiary/aromatic N) is 1. The number of urea groups is 1. The van der Waals surface area contributed by atoms with Crippen LogP contribution >= 0.6 is 31.9 Å². The van der Waals surface area contributed by atoms with Gasteiger partial charge in [-0.3, -0.25) is 9.69 Å². The van der Waals surface area contributed by atoms with E-state index in [4.69, 9.17) is 9.47 Å². The van der Waals surface area contributed by atoms with E-state index in [0.29, 0.717) is 27.1 Å². The van der Waals surface area contributed by atoms with E-state index >= 15 is 0 Å². The van der Waals surface area contributed by atoms with Crippen LogP contribution in [0, 0.1) is 5.82 Å². The highest BCUT2D eigenvalue weighted by Crippen LogP contribution is 2.38. The van der Waals surface area contributed by atoms with Gasteiger partial charge >= 0.3 is 6.03 Å². The molecule has 3 aromatic carbocycles. The summed E-state index contributed by atoms with van der Waals surface area (Å²) in [6.07, 6.45) is 1.57. The van der Waals surface area contributed by atoms with Crippen molar-refractivity contribution in [1.29, 1.82) is 0 Å². The lowest BCUT2D eigenvalue weighted by atomic mass is 10.1. The average molecular weight is 590 g/mol. The number of carbonyl (C=O) groups is 2. The molecule has 1 aliphatic heterocycles. The van der Waals surface area contributed by atoms with Crippen molar-refractivity contribution in [1.82, 2.24) is 10.2 Å². The van der Waals surface area contributed by atoms with E-state index < -0.39 is 11.9 Å². The first-order valence-corrected chi connectivity index (χ1v) is 11.8. The molecule has 0 atom stereocenters. The molecule has 0 aliphatic carbocycles. The molecule has 1 fully saturated rings. The topological polar surface area (TPSA) is 67.9 Å². The van der Waals surface area contributed by atoms with E-state index in [9.17, 15) is 14.0 Å². The van der Waals surface area contributed by atoms with E-state index in [0.717, 1.165) is 14.9 Å². The van der Waals surface area contributed by atoms with Gasteiger partial charge in [0.25, 0.3) is 5.91 Å². The SMILES string of the molecule is COc1cc(/C=C2/NC(=O)N(Cc3ccc(Br)cc3)C2=O)cc(Br)c1OCc1cccc(F)c1. The first-order valence-electron chi connectivity index (χ1n) is 10.2. The predicted molar refractivity (Wildman–Crippen MR) is 133 cm³/mol. The molecule has 34 heavy (non-hydrogen) atoms. The molecule has 6 nitrogen and oxygen atoms in total. The van der Waals surface area contributed by atoms with Crippen LogP contribution in [0.2, 0.25) is 0 Å². The second-order valence-electron chi connectivity index (χ2n) is 7.46. The molecule has 1 aliphatic rings. The Labute approximate surface area is 212 Å². The molecule has 0 aromatic heterocycles. The Bertz CT molecular complexity index is 1280. The molecule has 1 saturated heterocycles. The van der Waals surface area contributed by atoms with Crippen LogP contribution in [0.1, 0.15) is 16.7 Å². The van der Waals surface area contributed by atoms with E-state index in [1.165, 1.54) is 19.2 Å². The van der Waals surface area contributed by atoms with E-state index in [1.807, 2.05) is 24.3 Å². The first-order chi connectivity index (χ1) is 16.3. The van der Waals surface area contributed by atoms with E-state index in [1.54, 1.807) is 30.3 Å². The lowest BCUT2D eigenvalue weighted by Gasteiger charge is -2.14. The Morgan fingerprint density at radius 3 is 2.50 bits per heavy atom. The Morgan fingerprint density at radius 1 is 1.03 bits per heavy atom. The monoisotopic (exact) mass is 588 g/mol. The zero-order valence-electron chi connectivity index (χ0n) is 18.0. The standard InChI is InChI=1S/C25H19Br2FN2O4/c1-33-22-12-17(10-20(27)23(22)34-14-16-3-2-4-19(28)9-16)11-21-24(31)30(25(32)29-21)13-15-5-7-18(26)8-6-15/h2-12H,13-14H2,1H3,(H,29,32)/b21-11+. The van der Waals surface area contributed by atoms with Gasteiger partial charge in [0.15, 0.2) is 11.5 Å². The van der Waals surface area contributed by atoms with Crippen molar-refractivity contribution in [3.8, 4) is 11.5 Å². The van der Waals surface area contributed by atoms with Gasteiger partial charge in [-0.05, 0) is 75.1 Å². The van der Waals surface area contributed by atoms with Crippen molar-refractivity contribution in [2.45, 2.75) is 13.2 Å². The lowest BCUT2D eigenvalue weighted by Crippen LogP contribution is -2.30. The number of carbonyl (C=O) groups excluding carboxylic acids is 2. The van der Waals surface area contributed by atoms with Gasteiger partial charge < -0.3 is 14.8 Å². The number of benzene rings is 3. The Kier molecular flexibility index (Phi) is 7.33. The Hall–Kier alpha value is -3.17. The molecule has 4 rings (SSSR count). The zero-order valence-corrected chi connectivity index (χ0v) is 21.2. The molecule has 3 aromatic rings. The largest absolute Gasteiger partial charge is 0.493 e. The fourth-order valence-corrected chi connectivity index (χ4v) is 4.24. The third-order valence-electron chi connectivity index (χ3n) is 5.05. The third-order valence-corrected chi connectivity index (χ3v) is 6.17. The number of methoxy groups -OCH3 is 1. The number of halogens is 3. The van der Waals surface area contributed by atoms with Crippen LogP contribution in [0.5, 0.6) is 11.5 Å². The van der Waals surface area contributed by atoms with Gasteiger partial charge in [0.1, 0.15) is 18.1 Å². The molecule has 0 unspecified atom stereocenters. The van der Waals surface area contributed by atoms with Crippen molar-refractivity contribution in [3.63, 3.8) is 0 Å². The van der Waals surface area contributed by atoms with Crippen LogP contribution in [-0.4, -0.2) is 23.9 Å². The maximum absolute atomic E-state index is 13.4. The molecule has 1 N–H and O–H groups in total. The van der Waals surface area contributed by atoms with Gasteiger partial charge in [0.2, 0.25) is 0 Å². The second kappa shape index (κ2) is 10.4. The molecule has 0 radical (unpaired) electrons. The average Bonchev–Trinajstić information content (AvgIpc) is 3.06. The Balaban J connectivity index is 1.53. The number of imide groups is 1. The number of ether oxygens (including phenoxy) is 2. The Morgan fingerprint density at radius 2 is 1.79 bits per heavy atom. The first kappa shape index (κ1) is 24.0. The van der Waals surface area contributed by atoms with Crippen molar-refractivity contribution in [3.05, 3.63) is 97.8 Å². The summed E-state index contributed by atoms with van der Waals surface area (Å²) < 4.78 is 26.2. The molecule has 0 spiro atoms. The minimum atomic E-state index is -0.486. The van der Waals surface area contributed by atoms with E-state index in [-0.39, 0.29) is 24.7 Å². The molecular weight excluding hydrogens is 571 g/mol. The smallest absolute Gasteiger partial charge is 0.329 e. The number of hydrogen-bond donors (Lipinski definition) is 1. The van der Waals surface area contributed by atoms with Crippen molar-refractivity contribution >= 4 is 49.9 Å². The van der Waals surface area contributed by atoms with Crippen LogP contribution in [0.15, 0.2) is 75.3 Å². The highest BCUT2D eigenvalue weighted by atomic mass is 79.9. The molecule has 1 heterocycles. The molecular formula is C25H19Br2FN2O4. The number of amides is 3. The highest BCUT2D eigenvalue weighted by Gasteiger charge is 2.33. The van der Waals surface area contributed by atoms with Crippen molar-refractivity contribution in [2.24, 2.45) is 0 Å². The number of nitrogens with one attached hydrogen (secondary N) is 1. The normalized spacial score (nSPS) is 14.5. The maximum atomic E-state index is 13.4. The van der Waals surface area contributed by atoms with Gasteiger partial charge in [-0.2, -0.15) is 0 Å². The lowest BCUT2D eigenvalue weighted by molar-refractivity contribution is -0.123. The molecule has 9 heteroatoms. The van der Waals surface area contributed by atoms with Gasteiger partial charge in [-0.1, -0.05) is 40.2 Å². The minimum absolute atomic E-state index is 0.146. The van der Waals surface area contributed by atoms with Crippen LogP contribution in [-0.2, 0) is 17.9 Å². The van der Waals surface area contributed by atoms with Gasteiger partial charge in [-0.15, -0.1) is 0 Å². The molecule has 3 amide bonds. The summed E-state index contributed by atoms with van der Waals surface area (Å²) >= 11 is 6.84. The highest BCUT2D eigenvalue weighted by molar-refractivity contribution is 9.10. The summed E-state index contributed by atoms with van der Waals surface area (Å²) in [7, 11) is 1.50. The van der Waals surface area contributed by atoms with Crippen LogP contribution < -0.4 is 14.8 Å². The number of rotatable bonds is 7. The quantitative estimate of drug-likeness (QED) is 0.270. The summed E-state index contributed by atoms with van der Waals surface area (Å²) in [4.78, 5) is 26.4. The third kappa shape index (κ3) is 5.48. The van der Waals surface area contributed by atoms with Gasteiger partial charge in [0.05, 0.1) is 18.1 Å². The van der Waals surface area contributed by atoms with Crippen molar-refractivity contribution in [2.75, 3.05) is 7.11 Å². The summed E-state index contributed by atoms with van der Waals surface area (Å²) in [5, 5.41) is 2.62. The van der Waals surface area contributed by atoms with E-state index in [2.05, 4.69) is 37.2 Å². The molecule has 0 saturated carbocycles. The van der Waals surface area contributed by atoms with Crippen LogP contribution in [0.4, 0.5) is 9.18 Å². The summed E-state index contributed by atoms with van der Waals surface area (Å²) in [5.41, 5.74) is 2.28. The molecule has 0 bridgehead atoms. The molecule has 174 valence electrons. The van der Waals surface area contributed by atoms with Gasteiger partial charge in [0, 0.05) is 4.47 Å². The summed E-state index contributed by atoms with van der Waals surface area (Å²) in [6, 6.07) is 16.5. The predicted octanol–water partition coefficient (Wildman–Crippen LogP) is 6.03. The number of hydrogen-bond acceptors (Lipinski definition) is 4. The van der Waals surface area contributed by atoms with Crippen LogP contribution in [0.3, 0.4) is 0 Å². The minimum Gasteiger partial charge on any atom is -0.493 e. The van der Waals surface area contributed by atoms with Gasteiger partial charge in [-0.25, -0.2) is 9.18 Å². The summed E-state index contributed by atoms with van der Waals surface area (Å²) in [5.74, 6) is 0.0923. The second-order valence-corrected chi connectivity index (χ2v) is 9.23. The fraction of sp³-hybridized carbons (Fsp3) is 0.120. The zero-order chi connectivity index (χ0) is 24.2. The van der Waals surface area contributed by atoms with Crippen LogP contribution in [0.25, 0.3) is 6.08 Å². The summed E-state index contributed by atoms with van der Waals surface area (Å²) in [6.45, 7) is 0.307. The van der Waals surface area contributed by atoms with Crippen molar-refractivity contribution < 1.29 is 23.5 Å².